The van der Waals surface area contributed by atoms with Crippen LogP contribution in [0.5, 0.6) is 11.6 Å². The van der Waals surface area contributed by atoms with Crippen molar-refractivity contribution in [1.29, 1.82) is 0 Å². The molecule has 0 bridgehead atoms. The molecule has 2 N–H and O–H groups in total. The van der Waals surface area contributed by atoms with E-state index in [2.05, 4.69) is 15.3 Å². The van der Waals surface area contributed by atoms with Gasteiger partial charge in [0.15, 0.2) is 5.69 Å². The summed E-state index contributed by atoms with van der Waals surface area (Å²) in [6, 6.07) is 16.6. The van der Waals surface area contributed by atoms with Crippen LogP contribution < -0.4 is 21.4 Å². The van der Waals surface area contributed by atoms with Gasteiger partial charge >= 0.3 is 17.3 Å². The molecule has 0 saturated heterocycles. The number of halogens is 1. The lowest BCUT2D eigenvalue weighted by atomic mass is 10.2. The van der Waals surface area contributed by atoms with Crippen LogP contribution in [0.4, 0.5) is 11.6 Å². The quantitative estimate of drug-likeness (QED) is 0.365. The zero-order chi connectivity index (χ0) is 25.8. The van der Waals surface area contributed by atoms with Gasteiger partial charge in [-0.1, -0.05) is 29.8 Å². The largest absolute Gasteiger partial charge is 0.477 e. The van der Waals surface area contributed by atoms with Crippen molar-refractivity contribution in [3.05, 3.63) is 103 Å². The van der Waals surface area contributed by atoms with E-state index in [0.717, 1.165) is 15.7 Å². The smallest absolute Gasteiger partial charge is 0.354 e. The Bertz CT molecular complexity index is 1550. The maximum Gasteiger partial charge on any atom is 0.354 e. The lowest BCUT2D eigenvalue weighted by Crippen LogP contribution is -2.42. The van der Waals surface area contributed by atoms with Gasteiger partial charge in [-0.05, 0) is 61.4 Å². The summed E-state index contributed by atoms with van der Waals surface area (Å²) in [5.41, 5.74) is 0.864. The van der Waals surface area contributed by atoms with Gasteiger partial charge in [-0.2, -0.15) is 4.98 Å². The second-order valence-electron chi connectivity index (χ2n) is 7.83. The molecule has 4 aromatic rings. The molecule has 0 unspecified atom stereocenters. The number of carboxylic acids is 1. The van der Waals surface area contributed by atoms with E-state index >= 15 is 0 Å². The van der Waals surface area contributed by atoms with Crippen LogP contribution in [0.3, 0.4) is 0 Å². The highest BCUT2D eigenvalue weighted by atomic mass is 35.5. The Morgan fingerprint density at radius 2 is 1.81 bits per heavy atom. The number of hydrogen-bond acceptors (Lipinski definition) is 7. The predicted molar refractivity (Wildman–Crippen MR) is 135 cm³/mol. The van der Waals surface area contributed by atoms with Gasteiger partial charge in [0.05, 0.1) is 6.54 Å². The van der Waals surface area contributed by atoms with Gasteiger partial charge in [0.1, 0.15) is 5.75 Å². The molecule has 0 atom stereocenters. The molecule has 0 aliphatic carbocycles. The summed E-state index contributed by atoms with van der Waals surface area (Å²) < 4.78 is 8.15. The van der Waals surface area contributed by atoms with E-state index < -0.39 is 17.3 Å². The summed E-state index contributed by atoms with van der Waals surface area (Å²) in [4.78, 5) is 44.7. The van der Waals surface area contributed by atoms with Crippen molar-refractivity contribution in [2.75, 3.05) is 5.32 Å². The third-order valence-corrected chi connectivity index (χ3v) is 5.58. The monoisotopic (exact) mass is 507 g/mol. The number of nitrogens with one attached hydrogen (secondary N) is 1. The highest BCUT2D eigenvalue weighted by Crippen LogP contribution is 2.27. The number of pyridine rings is 1. The summed E-state index contributed by atoms with van der Waals surface area (Å²) in [5, 5.41) is 12.8. The van der Waals surface area contributed by atoms with E-state index in [1.807, 2.05) is 6.92 Å². The van der Waals surface area contributed by atoms with Crippen molar-refractivity contribution < 1.29 is 14.6 Å². The van der Waals surface area contributed by atoms with Crippen LogP contribution in [0, 0.1) is 6.92 Å². The molecule has 0 fully saturated rings. The molecule has 0 amide bonds. The molecule has 11 heteroatoms. The average molecular weight is 508 g/mol. The van der Waals surface area contributed by atoms with E-state index in [9.17, 15) is 14.4 Å². The van der Waals surface area contributed by atoms with Crippen LogP contribution in [-0.2, 0) is 13.1 Å². The molecule has 2 aromatic heterocycles. The summed E-state index contributed by atoms with van der Waals surface area (Å²) in [6.45, 7) is 3.88. The topological polar surface area (TPSA) is 128 Å². The number of rotatable bonds is 8. The van der Waals surface area contributed by atoms with Gasteiger partial charge in [-0.15, -0.1) is 0 Å². The van der Waals surface area contributed by atoms with E-state index in [0.29, 0.717) is 16.5 Å². The number of hydrogen-bond donors (Lipinski definition) is 2. The van der Waals surface area contributed by atoms with Gasteiger partial charge in [0.2, 0.25) is 11.8 Å². The van der Waals surface area contributed by atoms with Gasteiger partial charge in [0, 0.05) is 23.3 Å². The summed E-state index contributed by atoms with van der Waals surface area (Å²) in [5.74, 6) is -0.492. The van der Waals surface area contributed by atoms with Crippen molar-refractivity contribution in [2.45, 2.75) is 26.9 Å². The summed E-state index contributed by atoms with van der Waals surface area (Å²) >= 11 is 5.98. The Morgan fingerprint density at radius 3 is 2.47 bits per heavy atom. The Kier molecular flexibility index (Phi) is 7.16. The number of ether oxygens (including phenoxy) is 1. The maximum atomic E-state index is 13.1. The number of benzene rings is 2. The molecule has 2 aromatic carbocycles. The molecule has 0 spiro atoms. The number of nitrogens with zero attached hydrogens (tertiary/aromatic N) is 4. The minimum absolute atomic E-state index is 0.0947. The Balaban J connectivity index is 1.65. The third kappa shape index (κ3) is 5.44. The van der Waals surface area contributed by atoms with Crippen molar-refractivity contribution in [3.63, 3.8) is 0 Å². The average Bonchev–Trinajstić information content (AvgIpc) is 2.84. The zero-order valence-electron chi connectivity index (χ0n) is 19.4. The number of aryl methyl sites for hydroxylation is 1. The van der Waals surface area contributed by atoms with Crippen LogP contribution in [-0.4, -0.2) is 30.2 Å². The van der Waals surface area contributed by atoms with Gasteiger partial charge in [0.25, 0.3) is 0 Å². The third-order valence-electron chi connectivity index (χ3n) is 5.33. The van der Waals surface area contributed by atoms with Gasteiger partial charge in [-0.3, -0.25) is 4.57 Å². The fourth-order valence-corrected chi connectivity index (χ4v) is 3.61. The number of carbonyl (C=O) groups is 1. The summed E-state index contributed by atoms with van der Waals surface area (Å²) in [6.07, 6.45) is 0. The van der Waals surface area contributed by atoms with Crippen molar-refractivity contribution >= 4 is 29.2 Å². The standard InChI is InChI=1S/C25H22ClN5O5/c1-3-30-24(34)29-23(31(25(30)35)14-16-7-9-17(26)10-8-16)28-19-12-11-18(13-15(19)2)36-21-6-4-5-20(27-21)22(32)33/h4-13H,3,14H2,1-2H3,(H,32,33)(H,28,29,34). The fourth-order valence-electron chi connectivity index (χ4n) is 3.48. The first-order valence-corrected chi connectivity index (χ1v) is 11.3. The normalized spacial score (nSPS) is 10.8. The molecule has 0 aliphatic rings. The molecular formula is C25H22ClN5O5. The summed E-state index contributed by atoms with van der Waals surface area (Å²) in [7, 11) is 0. The second kappa shape index (κ2) is 10.4. The number of carboxylic acid groups (broad SMARTS) is 1. The molecular weight excluding hydrogens is 486 g/mol. The number of aromatic carboxylic acids is 1. The van der Waals surface area contributed by atoms with Crippen molar-refractivity contribution in [2.24, 2.45) is 0 Å². The van der Waals surface area contributed by atoms with E-state index in [1.165, 1.54) is 10.6 Å². The first-order chi connectivity index (χ1) is 17.2. The van der Waals surface area contributed by atoms with Crippen LogP contribution in [0.1, 0.15) is 28.5 Å². The number of anilines is 2. The lowest BCUT2D eigenvalue weighted by Gasteiger charge is -2.16. The Hall–Kier alpha value is -4.44. The van der Waals surface area contributed by atoms with E-state index in [-0.39, 0.29) is 30.6 Å². The van der Waals surface area contributed by atoms with Gasteiger partial charge < -0.3 is 15.2 Å². The number of aromatic nitrogens is 4. The van der Waals surface area contributed by atoms with Crippen LogP contribution in [0.25, 0.3) is 0 Å². The lowest BCUT2D eigenvalue weighted by molar-refractivity contribution is 0.0689. The van der Waals surface area contributed by atoms with Crippen molar-refractivity contribution in [1.82, 2.24) is 19.1 Å². The van der Waals surface area contributed by atoms with E-state index in [1.54, 1.807) is 61.5 Å². The SMILES string of the molecule is CCn1c(=O)nc(Nc2ccc(Oc3cccc(C(=O)O)n3)cc2C)n(Cc2ccc(Cl)cc2)c1=O. The first kappa shape index (κ1) is 24.7. The Morgan fingerprint density at radius 1 is 1.06 bits per heavy atom. The minimum atomic E-state index is -1.15. The van der Waals surface area contributed by atoms with Crippen molar-refractivity contribution in [3.8, 4) is 11.6 Å². The van der Waals surface area contributed by atoms with Crippen LogP contribution in [0.15, 0.2) is 70.3 Å². The van der Waals surface area contributed by atoms with E-state index in [4.69, 9.17) is 21.4 Å². The molecule has 0 aliphatic heterocycles. The fraction of sp³-hybridized carbons (Fsp3) is 0.160. The highest BCUT2D eigenvalue weighted by molar-refractivity contribution is 6.30. The molecule has 0 radical (unpaired) electrons. The first-order valence-electron chi connectivity index (χ1n) is 11.0. The molecule has 10 nitrogen and oxygen atoms in total. The predicted octanol–water partition coefficient (Wildman–Crippen LogP) is 4.06. The molecule has 184 valence electrons. The minimum Gasteiger partial charge on any atom is -0.477 e. The molecule has 0 saturated carbocycles. The van der Waals surface area contributed by atoms with Gasteiger partial charge in [-0.25, -0.2) is 23.9 Å². The molecule has 4 rings (SSSR count). The molecule has 36 heavy (non-hydrogen) atoms. The highest BCUT2D eigenvalue weighted by Gasteiger charge is 2.15. The van der Waals surface area contributed by atoms with Crippen LogP contribution >= 0.6 is 11.6 Å². The zero-order valence-corrected chi connectivity index (χ0v) is 20.2. The maximum absolute atomic E-state index is 13.1. The Labute approximate surface area is 210 Å². The second-order valence-corrected chi connectivity index (χ2v) is 8.26. The van der Waals surface area contributed by atoms with Crippen LogP contribution in [0.2, 0.25) is 5.02 Å². The molecule has 2 heterocycles.